The van der Waals surface area contributed by atoms with Crippen molar-refractivity contribution in [3.63, 3.8) is 0 Å². The summed E-state index contributed by atoms with van der Waals surface area (Å²) in [6.45, 7) is 9.46. The van der Waals surface area contributed by atoms with Gasteiger partial charge in [-0.1, -0.05) is 11.6 Å². The van der Waals surface area contributed by atoms with Gasteiger partial charge in [0.15, 0.2) is 9.84 Å². The van der Waals surface area contributed by atoms with E-state index in [-0.39, 0.29) is 4.90 Å². The molecule has 1 aromatic rings. The van der Waals surface area contributed by atoms with E-state index >= 15 is 0 Å². The van der Waals surface area contributed by atoms with E-state index in [1.807, 2.05) is 0 Å². The predicted molar refractivity (Wildman–Crippen MR) is 93.5 cm³/mol. The Hall–Kier alpha value is -1.11. The van der Waals surface area contributed by atoms with Crippen LogP contribution >= 0.6 is 11.6 Å². The molecule has 0 aromatic heterocycles. The van der Waals surface area contributed by atoms with Crippen LogP contribution in [0.4, 0.5) is 0 Å². The monoisotopic (exact) mass is 360 g/mol. The van der Waals surface area contributed by atoms with E-state index in [9.17, 15) is 13.2 Å². The Bertz CT molecular complexity index is 605. The van der Waals surface area contributed by atoms with Crippen molar-refractivity contribution in [3.8, 4) is 0 Å². The van der Waals surface area contributed by atoms with E-state index in [0.717, 1.165) is 0 Å². The third-order valence-electron chi connectivity index (χ3n) is 3.51. The molecule has 0 saturated carbocycles. The Balaban J connectivity index is 2.54. The van der Waals surface area contributed by atoms with Crippen LogP contribution in [0.15, 0.2) is 29.2 Å². The number of amides is 1. The van der Waals surface area contributed by atoms with Crippen LogP contribution in [0.25, 0.3) is 0 Å². The predicted octanol–water partition coefficient (Wildman–Crippen LogP) is 2.35. The Labute approximate surface area is 143 Å². The zero-order valence-electron chi connectivity index (χ0n) is 14.0. The van der Waals surface area contributed by atoms with Gasteiger partial charge in [-0.05, 0) is 52.0 Å². The number of nitrogens with zero attached hydrogens (tertiary/aromatic N) is 1. The first-order valence-electron chi connectivity index (χ1n) is 7.64. The molecule has 0 aliphatic carbocycles. The Morgan fingerprint density at radius 1 is 1.13 bits per heavy atom. The van der Waals surface area contributed by atoms with Crippen molar-refractivity contribution in [2.75, 3.05) is 18.8 Å². The fourth-order valence-corrected chi connectivity index (χ4v) is 3.68. The number of hydrogen-bond acceptors (Lipinski definition) is 4. The fourth-order valence-electron chi connectivity index (χ4n) is 2.39. The van der Waals surface area contributed by atoms with Crippen LogP contribution in [0.1, 0.15) is 27.7 Å². The lowest BCUT2D eigenvalue weighted by Gasteiger charge is -2.30. The summed E-state index contributed by atoms with van der Waals surface area (Å²) in [5, 5.41) is 3.13. The van der Waals surface area contributed by atoms with Crippen molar-refractivity contribution < 1.29 is 13.2 Å². The van der Waals surface area contributed by atoms with Crippen LogP contribution in [0.3, 0.4) is 0 Å². The molecule has 1 rings (SSSR count). The minimum absolute atomic E-state index is 0.100. The number of carbonyl (C=O) groups excluding carboxylic acids is 1. The molecule has 0 aliphatic rings. The highest BCUT2D eigenvalue weighted by Gasteiger charge is 2.19. The summed E-state index contributed by atoms with van der Waals surface area (Å²) in [6, 6.07) is 6.54. The van der Waals surface area contributed by atoms with E-state index in [1.54, 1.807) is 0 Å². The molecule has 23 heavy (non-hydrogen) atoms. The summed E-state index contributed by atoms with van der Waals surface area (Å²) >= 11 is 5.74. The minimum atomic E-state index is -3.64. The van der Waals surface area contributed by atoms with Gasteiger partial charge in [0, 0.05) is 30.2 Å². The zero-order valence-corrected chi connectivity index (χ0v) is 15.6. The maximum Gasteiger partial charge on any atom is 0.235 e. The number of sulfone groups is 1. The molecule has 0 atom stereocenters. The molecule has 0 heterocycles. The van der Waals surface area contributed by atoms with Crippen molar-refractivity contribution in [2.45, 2.75) is 44.7 Å². The van der Waals surface area contributed by atoms with Crippen LogP contribution in [-0.2, 0) is 14.6 Å². The van der Waals surface area contributed by atoms with Gasteiger partial charge in [0.05, 0.1) is 4.90 Å². The smallest absolute Gasteiger partial charge is 0.235 e. The van der Waals surface area contributed by atoms with E-state index < -0.39 is 21.5 Å². The molecule has 0 unspecified atom stereocenters. The number of hydrogen-bond donors (Lipinski definition) is 1. The molecule has 1 N–H and O–H groups in total. The Morgan fingerprint density at radius 2 is 1.65 bits per heavy atom. The number of rotatable bonds is 8. The summed E-state index contributed by atoms with van der Waals surface area (Å²) in [4.78, 5) is 14.2. The molecule has 5 nitrogen and oxygen atoms in total. The van der Waals surface area contributed by atoms with Gasteiger partial charge in [-0.25, -0.2) is 8.42 Å². The number of nitrogens with one attached hydrogen (secondary N) is 1. The SMILES string of the molecule is CC(C)N(CCNC(=O)CS(=O)(=O)c1ccc(Cl)cc1)C(C)C. The lowest BCUT2D eigenvalue weighted by Crippen LogP contribution is -2.43. The lowest BCUT2D eigenvalue weighted by atomic mass is 10.2. The number of benzene rings is 1. The van der Waals surface area contributed by atoms with Gasteiger partial charge >= 0.3 is 0 Å². The fraction of sp³-hybridized carbons (Fsp3) is 0.562. The molecule has 0 bridgehead atoms. The second-order valence-corrected chi connectivity index (χ2v) is 8.41. The molecular weight excluding hydrogens is 336 g/mol. The molecule has 0 fully saturated rings. The molecule has 1 amide bonds. The highest BCUT2D eigenvalue weighted by molar-refractivity contribution is 7.92. The number of carbonyl (C=O) groups is 1. The zero-order chi connectivity index (χ0) is 17.6. The highest BCUT2D eigenvalue weighted by Crippen LogP contribution is 2.15. The summed E-state index contributed by atoms with van der Waals surface area (Å²) in [7, 11) is -3.64. The summed E-state index contributed by atoms with van der Waals surface area (Å²) < 4.78 is 24.3. The second-order valence-electron chi connectivity index (χ2n) is 5.99. The Kier molecular flexibility index (Phi) is 7.51. The van der Waals surface area contributed by atoms with Crippen LogP contribution in [0.2, 0.25) is 5.02 Å². The minimum Gasteiger partial charge on any atom is -0.354 e. The summed E-state index contributed by atoms with van der Waals surface area (Å²) in [6.07, 6.45) is 0. The van der Waals surface area contributed by atoms with Crippen molar-refractivity contribution in [3.05, 3.63) is 29.3 Å². The third-order valence-corrected chi connectivity index (χ3v) is 5.40. The van der Waals surface area contributed by atoms with Crippen molar-refractivity contribution >= 4 is 27.3 Å². The maximum absolute atomic E-state index is 12.2. The molecule has 0 spiro atoms. The number of halogens is 1. The standard InChI is InChI=1S/C16H25ClN2O3S/c1-12(2)19(13(3)4)10-9-18-16(20)11-23(21,22)15-7-5-14(17)6-8-15/h5-8,12-13H,9-11H2,1-4H3,(H,18,20). The molecule has 7 heteroatoms. The topological polar surface area (TPSA) is 66.5 Å². The van der Waals surface area contributed by atoms with Crippen molar-refractivity contribution in [1.82, 2.24) is 10.2 Å². The first-order valence-corrected chi connectivity index (χ1v) is 9.67. The van der Waals surface area contributed by atoms with Crippen LogP contribution < -0.4 is 5.32 Å². The van der Waals surface area contributed by atoms with Gasteiger partial charge in [-0.3, -0.25) is 9.69 Å². The van der Waals surface area contributed by atoms with E-state index in [2.05, 4.69) is 37.9 Å². The van der Waals surface area contributed by atoms with Gasteiger partial charge in [-0.15, -0.1) is 0 Å². The van der Waals surface area contributed by atoms with Gasteiger partial charge < -0.3 is 5.32 Å². The molecule has 0 saturated heterocycles. The van der Waals surface area contributed by atoms with Crippen LogP contribution in [0.5, 0.6) is 0 Å². The largest absolute Gasteiger partial charge is 0.354 e. The highest BCUT2D eigenvalue weighted by atomic mass is 35.5. The van der Waals surface area contributed by atoms with Crippen molar-refractivity contribution in [1.29, 1.82) is 0 Å². The summed E-state index contributed by atoms with van der Waals surface area (Å²) in [5.74, 6) is -1.05. The van der Waals surface area contributed by atoms with Gasteiger partial charge in [-0.2, -0.15) is 0 Å². The van der Waals surface area contributed by atoms with E-state index in [4.69, 9.17) is 11.6 Å². The van der Waals surface area contributed by atoms with Gasteiger partial charge in [0.25, 0.3) is 0 Å². The summed E-state index contributed by atoms with van der Waals surface area (Å²) in [5.41, 5.74) is 0. The molecule has 0 radical (unpaired) electrons. The quantitative estimate of drug-likeness (QED) is 0.772. The lowest BCUT2D eigenvalue weighted by molar-refractivity contribution is -0.118. The average Bonchev–Trinajstić information content (AvgIpc) is 2.42. The average molecular weight is 361 g/mol. The molecule has 1 aromatic carbocycles. The van der Waals surface area contributed by atoms with E-state index in [0.29, 0.717) is 30.2 Å². The van der Waals surface area contributed by atoms with E-state index in [1.165, 1.54) is 24.3 Å². The third kappa shape index (κ3) is 6.49. The first-order chi connectivity index (χ1) is 10.6. The van der Waals surface area contributed by atoms with Gasteiger partial charge in [0.2, 0.25) is 5.91 Å². The maximum atomic E-state index is 12.2. The second kappa shape index (κ2) is 8.66. The molecular formula is C16H25ClN2O3S. The van der Waals surface area contributed by atoms with Crippen molar-refractivity contribution in [2.24, 2.45) is 0 Å². The van der Waals surface area contributed by atoms with Crippen LogP contribution in [0, 0.1) is 0 Å². The Morgan fingerprint density at radius 3 is 2.13 bits per heavy atom. The normalized spacial score (nSPS) is 12.2. The van der Waals surface area contributed by atoms with Gasteiger partial charge in [0.1, 0.15) is 5.75 Å². The first kappa shape index (κ1) is 19.9. The van der Waals surface area contributed by atoms with Crippen LogP contribution in [-0.4, -0.2) is 50.2 Å². The molecule has 130 valence electrons. The molecule has 0 aliphatic heterocycles.